The second kappa shape index (κ2) is 8.29. The van der Waals surface area contributed by atoms with E-state index in [-0.39, 0.29) is 11.9 Å². The Morgan fingerprint density at radius 2 is 1.86 bits per heavy atom. The Morgan fingerprint density at radius 1 is 1.14 bits per heavy atom. The zero-order valence-electron chi connectivity index (χ0n) is 12.9. The van der Waals surface area contributed by atoms with Gasteiger partial charge in [0, 0.05) is 21.7 Å². The number of carbonyl (C=O) groups excluding carboxylic acids is 1. The van der Waals surface area contributed by atoms with E-state index < -0.39 is 0 Å². The lowest BCUT2D eigenvalue weighted by Crippen LogP contribution is -2.41. The number of nitrogens with one attached hydrogen (secondary N) is 1. The minimum atomic E-state index is -0.0153. The molecule has 0 unspecified atom stereocenters. The molecule has 1 N–H and O–H groups in total. The number of halogens is 1. The van der Waals surface area contributed by atoms with E-state index in [9.17, 15) is 4.79 Å². The third kappa shape index (κ3) is 5.10. The normalized spacial score (nSPS) is 12.2. The number of amides is 1. The standard InChI is InChI=1S/C18H21IN2O/c1-21(2)17(11-14-7-4-3-5-8-14)13-20-18(22)15-9-6-10-16(19)12-15/h3-10,12,17H,11,13H2,1-2H3,(H,20,22)/t17-/m0/s1. The minimum absolute atomic E-state index is 0.0153. The summed E-state index contributed by atoms with van der Waals surface area (Å²) in [5.74, 6) is -0.0153. The molecule has 0 aromatic heterocycles. The van der Waals surface area contributed by atoms with E-state index in [0.29, 0.717) is 12.1 Å². The van der Waals surface area contributed by atoms with Crippen LogP contribution in [0, 0.1) is 3.57 Å². The fourth-order valence-electron chi connectivity index (χ4n) is 2.27. The summed E-state index contributed by atoms with van der Waals surface area (Å²) in [7, 11) is 4.09. The van der Waals surface area contributed by atoms with E-state index in [2.05, 4.69) is 44.9 Å². The van der Waals surface area contributed by atoms with Crippen LogP contribution in [-0.4, -0.2) is 37.5 Å². The first-order valence-electron chi connectivity index (χ1n) is 7.30. The molecule has 22 heavy (non-hydrogen) atoms. The van der Waals surface area contributed by atoms with Gasteiger partial charge in [0.1, 0.15) is 0 Å². The molecule has 0 heterocycles. The first-order chi connectivity index (χ1) is 10.6. The van der Waals surface area contributed by atoms with Crippen LogP contribution in [0.3, 0.4) is 0 Å². The van der Waals surface area contributed by atoms with Gasteiger partial charge in [0.2, 0.25) is 0 Å². The third-order valence-corrected chi connectivity index (χ3v) is 4.30. The van der Waals surface area contributed by atoms with Gasteiger partial charge in [0.25, 0.3) is 5.91 Å². The van der Waals surface area contributed by atoms with E-state index in [0.717, 1.165) is 9.99 Å². The largest absolute Gasteiger partial charge is 0.350 e. The Bertz CT molecular complexity index is 613. The van der Waals surface area contributed by atoms with Gasteiger partial charge in [0.05, 0.1) is 0 Å². The molecule has 0 spiro atoms. The molecular weight excluding hydrogens is 387 g/mol. The molecule has 2 aromatic rings. The molecule has 0 aliphatic heterocycles. The Hall–Kier alpha value is -1.40. The van der Waals surface area contributed by atoms with Crippen LogP contribution >= 0.6 is 22.6 Å². The van der Waals surface area contributed by atoms with Crippen molar-refractivity contribution in [3.63, 3.8) is 0 Å². The topological polar surface area (TPSA) is 32.3 Å². The maximum atomic E-state index is 12.2. The molecule has 2 rings (SSSR count). The average Bonchev–Trinajstić information content (AvgIpc) is 2.51. The van der Waals surface area contributed by atoms with Crippen LogP contribution in [0.1, 0.15) is 15.9 Å². The number of likely N-dealkylation sites (N-methyl/N-ethyl adjacent to an activating group) is 1. The Morgan fingerprint density at radius 3 is 2.50 bits per heavy atom. The number of benzene rings is 2. The van der Waals surface area contributed by atoms with Gasteiger partial charge in [-0.05, 0) is 66.9 Å². The quantitative estimate of drug-likeness (QED) is 0.745. The zero-order valence-corrected chi connectivity index (χ0v) is 15.1. The van der Waals surface area contributed by atoms with Crippen LogP contribution in [0.4, 0.5) is 0 Å². The minimum Gasteiger partial charge on any atom is -0.350 e. The third-order valence-electron chi connectivity index (χ3n) is 3.63. The molecule has 0 aliphatic carbocycles. The molecule has 1 amide bonds. The van der Waals surface area contributed by atoms with E-state index in [4.69, 9.17) is 0 Å². The van der Waals surface area contributed by atoms with Crippen LogP contribution in [0.15, 0.2) is 54.6 Å². The number of nitrogens with zero attached hydrogens (tertiary/aromatic N) is 1. The lowest BCUT2D eigenvalue weighted by molar-refractivity contribution is 0.0941. The predicted octanol–water partition coefficient (Wildman–Crippen LogP) is 3.19. The molecule has 0 aliphatic rings. The van der Waals surface area contributed by atoms with Crippen LogP contribution in [-0.2, 0) is 6.42 Å². The van der Waals surface area contributed by atoms with Gasteiger partial charge in [-0.3, -0.25) is 4.79 Å². The summed E-state index contributed by atoms with van der Waals surface area (Å²) in [4.78, 5) is 14.4. The molecule has 0 bridgehead atoms. The van der Waals surface area contributed by atoms with Crippen molar-refractivity contribution in [3.8, 4) is 0 Å². The highest BCUT2D eigenvalue weighted by Crippen LogP contribution is 2.09. The van der Waals surface area contributed by atoms with E-state index in [1.807, 2.05) is 56.6 Å². The summed E-state index contributed by atoms with van der Waals surface area (Å²) in [5, 5.41) is 3.04. The van der Waals surface area contributed by atoms with Gasteiger partial charge in [-0.15, -0.1) is 0 Å². The van der Waals surface area contributed by atoms with Crippen molar-refractivity contribution in [3.05, 3.63) is 69.3 Å². The highest BCUT2D eigenvalue weighted by molar-refractivity contribution is 14.1. The average molecular weight is 408 g/mol. The lowest BCUT2D eigenvalue weighted by atomic mass is 10.1. The van der Waals surface area contributed by atoms with Crippen LogP contribution < -0.4 is 5.32 Å². The highest BCUT2D eigenvalue weighted by atomic mass is 127. The predicted molar refractivity (Wildman–Crippen MR) is 99.1 cm³/mol. The molecule has 3 nitrogen and oxygen atoms in total. The van der Waals surface area contributed by atoms with Crippen molar-refractivity contribution in [2.24, 2.45) is 0 Å². The van der Waals surface area contributed by atoms with Crippen molar-refractivity contribution >= 4 is 28.5 Å². The number of carbonyl (C=O) groups is 1. The summed E-state index contributed by atoms with van der Waals surface area (Å²) in [5.41, 5.74) is 1.99. The summed E-state index contributed by atoms with van der Waals surface area (Å²) in [6.07, 6.45) is 0.917. The fourth-order valence-corrected chi connectivity index (χ4v) is 2.81. The Labute approximate surface area is 145 Å². The summed E-state index contributed by atoms with van der Waals surface area (Å²) < 4.78 is 1.07. The molecule has 116 valence electrons. The summed E-state index contributed by atoms with van der Waals surface area (Å²) >= 11 is 2.22. The van der Waals surface area contributed by atoms with Crippen LogP contribution in [0.2, 0.25) is 0 Å². The van der Waals surface area contributed by atoms with Gasteiger partial charge in [-0.25, -0.2) is 0 Å². The van der Waals surface area contributed by atoms with Crippen LogP contribution in [0.25, 0.3) is 0 Å². The van der Waals surface area contributed by atoms with Crippen molar-refractivity contribution in [2.45, 2.75) is 12.5 Å². The van der Waals surface area contributed by atoms with Crippen LogP contribution in [0.5, 0.6) is 0 Å². The van der Waals surface area contributed by atoms with Crippen molar-refractivity contribution in [1.82, 2.24) is 10.2 Å². The SMILES string of the molecule is CN(C)[C@H](CNC(=O)c1cccc(I)c1)Cc1ccccc1. The molecule has 1 atom stereocenters. The second-order valence-corrected chi connectivity index (χ2v) is 6.77. The van der Waals surface area contributed by atoms with Gasteiger partial charge in [0.15, 0.2) is 0 Å². The van der Waals surface area contributed by atoms with E-state index in [1.54, 1.807) is 0 Å². The lowest BCUT2D eigenvalue weighted by Gasteiger charge is -2.24. The van der Waals surface area contributed by atoms with E-state index in [1.165, 1.54) is 5.56 Å². The first-order valence-corrected chi connectivity index (χ1v) is 8.38. The number of hydrogen-bond acceptors (Lipinski definition) is 2. The maximum absolute atomic E-state index is 12.2. The maximum Gasteiger partial charge on any atom is 0.251 e. The monoisotopic (exact) mass is 408 g/mol. The number of hydrogen-bond donors (Lipinski definition) is 1. The molecule has 0 radical (unpaired) electrons. The zero-order chi connectivity index (χ0) is 15.9. The first kappa shape index (κ1) is 17.0. The molecule has 2 aromatic carbocycles. The fraction of sp³-hybridized carbons (Fsp3) is 0.278. The van der Waals surface area contributed by atoms with Crippen molar-refractivity contribution in [2.75, 3.05) is 20.6 Å². The van der Waals surface area contributed by atoms with Crippen molar-refractivity contribution < 1.29 is 4.79 Å². The smallest absolute Gasteiger partial charge is 0.251 e. The van der Waals surface area contributed by atoms with E-state index >= 15 is 0 Å². The molecule has 4 heteroatoms. The second-order valence-electron chi connectivity index (χ2n) is 5.53. The van der Waals surface area contributed by atoms with Gasteiger partial charge >= 0.3 is 0 Å². The Kier molecular flexibility index (Phi) is 6.39. The summed E-state index contributed by atoms with van der Waals surface area (Å²) in [6, 6.07) is 18.3. The van der Waals surface area contributed by atoms with Crippen molar-refractivity contribution in [1.29, 1.82) is 0 Å². The summed E-state index contributed by atoms with van der Waals surface area (Å²) in [6.45, 7) is 0.631. The highest BCUT2D eigenvalue weighted by Gasteiger charge is 2.14. The number of rotatable bonds is 6. The molecule has 0 saturated carbocycles. The van der Waals surface area contributed by atoms with Gasteiger partial charge in [-0.1, -0.05) is 36.4 Å². The Balaban J connectivity index is 1.96. The molecular formula is C18H21IN2O. The molecule has 0 saturated heterocycles. The molecule has 0 fully saturated rings. The van der Waals surface area contributed by atoms with Gasteiger partial charge < -0.3 is 10.2 Å². The van der Waals surface area contributed by atoms with Gasteiger partial charge in [-0.2, -0.15) is 0 Å².